The Hall–Kier alpha value is -0.780. The maximum Gasteiger partial charge on any atom is 0.129 e. The first-order chi connectivity index (χ1) is 8.06. The summed E-state index contributed by atoms with van der Waals surface area (Å²) in [5.74, 6) is -1.12. The van der Waals surface area contributed by atoms with E-state index >= 15 is 0 Å². The molecule has 1 aromatic carbocycles. The summed E-state index contributed by atoms with van der Waals surface area (Å²) in [4.78, 5) is 0.973. The molecule has 17 heavy (non-hydrogen) atoms. The number of halogens is 3. The van der Waals surface area contributed by atoms with Crippen LogP contribution in [0.2, 0.25) is 0 Å². The minimum atomic E-state index is -0.571. The predicted molar refractivity (Wildman–Crippen MR) is 69.0 cm³/mol. The second-order valence-electron chi connectivity index (χ2n) is 3.69. The maximum atomic E-state index is 13.4. The molecule has 0 saturated heterocycles. The lowest BCUT2D eigenvalue weighted by atomic mass is 10.0. The van der Waals surface area contributed by atoms with E-state index in [1.165, 1.54) is 23.5 Å². The van der Waals surface area contributed by atoms with E-state index in [1.807, 2.05) is 12.1 Å². The van der Waals surface area contributed by atoms with Gasteiger partial charge < -0.3 is 5.73 Å². The molecular weight excluding hydrogens is 308 g/mol. The van der Waals surface area contributed by atoms with Gasteiger partial charge in [0.2, 0.25) is 0 Å². The van der Waals surface area contributed by atoms with Gasteiger partial charge in [0.05, 0.1) is 3.79 Å². The normalized spacial score (nSPS) is 12.7. The number of hydrogen-bond donors (Lipinski definition) is 1. The van der Waals surface area contributed by atoms with Crippen LogP contribution in [0.15, 0.2) is 34.1 Å². The summed E-state index contributed by atoms with van der Waals surface area (Å²) >= 11 is 4.87. The van der Waals surface area contributed by atoms with Gasteiger partial charge in [-0.2, -0.15) is 0 Å². The largest absolute Gasteiger partial charge is 0.323 e. The Morgan fingerprint density at radius 3 is 2.59 bits per heavy atom. The molecule has 0 spiro atoms. The zero-order chi connectivity index (χ0) is 12.4. The first kappa shape index (κ1) is 12.7. The van der Waals surface area contributed by atoms with Gasteiger partial charge in [0.25, 0.3) is 0 Å². The third-order valence-electron chi connectivity index (χ3n) is 2.41. The van der Waals surface area contributed by atoms with E-state index in [4.69, 9.17) is 5.73 Å². The van der Waals surface area contributed by atoms with Gasteiger partial charge >= 0.3 is 0 Å². The Kier molecular flexibility index (Phi) is 3.91. The van der Waals surface area contributed by atoms with Crippen molar-refractivity contribution >= 4 is 27.3 Å². The third kappa shape index (κ3) is 3.12. The van der Waals surface area contributed by atoms with Crippen molar-refractivity contribution in [2.24, 2.45) is 5.73 Å². The Balaban J connectivity index is 2.15. The molecule has 0 aliphatic heterocycles. The number of nitrogens with two attached hydrogens (primary N) is 1. The van der Waals surface area contributed by atoms with Gasteiger partial charge in [-0.05, 0) is 46.1 Å². The van der Waals surface area contributed by atoms with Gasteiger partial charge in [-0.1, -0.05) is 6.07 Å². The molecule has 1 aromatic heterocycles. The van der Waals surface area contributed by atoms with Crippen LogP contribution in [0.4, 0.5) is 8.78 Å². The summed E-state index contributed by atoms with van der Waals surface area (Å²) in [6, 6.07) is 7.10. The van der Waals surface area contributed by atoms with Crippen molar-refractivity contribution in [1.82, 2.24) is 0 Å². The lowest BCUT2D eigenvalue weighted by Crippen LogP contribution is -2.12. The number of benzene rings is 1. The summed E-state index contributed by atoms with van der Waals surface area (Å²) in [6.07, 6.45) is 0.360. The summed E-state index contributed by atoms with van der Waals surface area (Å²) in [7, 11) is 0. The van der Waals surface area contributed by atoms with E-state index in [2.05, 4.69) is 15.9 Å². The van der Waals surface area contributed by atoms with E-state index in [-0.39, 0.29) is 6.04 Å². The van der Waals surface area contributed by atoms with E-state index < -0.39 is 11.6 Å². The molecule has 2 rings (SSSR count). The van der Waals surface area contributed by atoms with Crippen LogP contribution in [0.25, 0.3) is 0 Å². The van der Waals surface area contributed by atoms with E-state index in [0.717, 1.165) is 14.7 Å². The van der Waals surface area contributed by atoms with Gasteiger partial charge in [0.15, 0.2) is 0 Å². The Bertz CT molecular complexity index is 527. The average molecular weight is 318 g/mol. The highest BCUT2D eigenvalue weighted by atomic mass is 79.9. The first-order valence-electron chi connectivity index (χ1n) is 5.01. The Morgan fingerprint density at radius 2 is 2.00 bits per heavy atom. The molecule has 2 aromatic rings. The Morgan fingerprint density at radius 1 is 1.24 bits per heavy atom. The first-order valence-corrected chi connectivity index (χ1v) is 6.62. The molecule has 0 aliphatic rings. The zero-order valence-electron chi connectivity index (χ0n) is 8.79. The molecular formula is C12H10BrF2NS. The van der Waals surface area contributed by atoms with Crippen LogP contribution in [-0.2, 0) is 6.42 Å². The van der Waals surface area contributed by atoms with Crippen molar-refractivity contribution < 1.29 is 8.78 Å². The molecule has 1 nitrogen and oxygen atoms in total. The van der Waals surface area contributed by atoms with Gasteiger partial charge in [-0.15, -0.1) is 11.3 Å². The molecule has 2 N–H and O–H groups in total. The van der Waals surface area contributed by atoms with Gasteiger partial charge in [-0.25, -0.2) is 8.78 Å². The highest BCUT2D eigenvalue weighted by Gasteiger charge is 2.12. The SMILES string of the molecule is NC(Cc1ccc(F)cc1F)c1ccc(Br)s1. The fourth-order valence-electron chi connectivity index (χ4n) is 1.55. The third-order valence-corrected chi connectivity index (χ3v) is 4.17. The van der Waals surface area contributed by atoms with E-state index in [1.54, 1.807) is 0 Å². The molecule has 5 heteroatoms. The zero-order valence-corrected chi connectivity index (χ0v) is 11.2. The number of hydrogen-bond acceptors (Lipinski definition) is 2. The standard InChI is InChI=1S/C12H10BrF2NS/c13-12-4-3-11(17-12)10(16)5-7-1-2-8(14)6-9(7)15/h1-4,6,10H,5,16H2. The monoisotopic (exact) mass is 317 g/mol. The highest BCUT2D eigenvalue weighted by Crippen LogP contribution is 2.28. The molecule has 0 saturated carbocycles. The minimum Gasteiger partial charge on any atom is -0.323 e. The van der Waals surface area contributed by atoms with Crippen LogP contribution in [0.5, 0.6) is 0 Å². The van der Waals surface area contributed by atoms with E-state index in [0.29, 0.717) is 12.0 Å². The van der Waals surface area contributed by atoms with Crippen LogP contribution < -0.4 is 5.73 Å². The molecule has 0 bridgehead atoms. The van der Waals surface area contributed by atoms with Crippen molar-refractivity contribution in [2.75, 3.05) is 0 Å². The van der Waals surface area contributed by atoms with Crippen LogP contribution in [-0.4, -0.2) is 0 Å². The van der Waals surface area contributed by atoms with Crippen LogP contribution in [0, 0.1) is 11.6 Å². The smallest absolute Gasteiger partial charge is 0.129 e. The number of thiophene rings is 1. The van der Waals surface area contributed by atoms with Crippen molar-refractivity contribution in [3.05, 3.63) is 56.2 Å². The fourth-order valence-corrected chi connectivity index (χ4v) is 2.98. The molecule has 0 fully saturated rings. The summed E-state index contributed by atoms with van der Waals surface area (Å²) in [6.45, 7) is 0. The molecule has 0 aliphatic carbocycles. The van der Waals surface area contributed by atoms with Crippen molar-refractivity contribution in [1.29, 1.82) is 0 Å². The lowest BCUT2D eigenvalue weighted by Gasteiger charge is -2.10. The van der Waals surface area contributed by atoms with Crippen LogP contribution in [0.3, 0.4) is 0 Å². The molecule has 1 unspecified atom stereocenters. The predicted octanol–water partition coefficient (Wildman–Crippen LogP) is 4.03. The van der Waals surface area contributed by atoms with Gasteiger partial charge in [0.1, 0.15) is 11.6 Å². The molecule has 0 radical (unpaired) electrons. The van der Waals surface area contributed by atoms with Crippen LogP contribution in [0.1, 0.15) is 16.5 Å². The Labute approximate surface area is 110 Å². The highest BCUT2D eigenvalue weighted by molar-refractivity contribution is 9.11. The average Bonchev–Trinajstić information content (AvgIpc) is 2.69. The molecule has 0 amide bonds. The van der Waals surface area contributed by atoms with Crippen molar-refractivity contribution in [3.8, 4) is 0 Å². The van der Waals surface area contributed by atoms with Crippen LogP contribution >= 0.6 is 27.3 Å². The second kappa shape index (κ2) is 5.25. The quantitative estimate of drug-likeness (QED) is 0.908. The summed E-state index contributed by atoms with van der Waals surface area (Å²) < 4.78 is 27.2. The van der Waals surface area contributed by atoms with Gasteiger partial charge in [-0.3, -0.25) is 0 Å². The van der Waals surface area contributed by atoms with Gasteiger partial charge in [0, 0.05) is 17.0 Å². The summed E-state index contributed by atoms with van der Waals surface area (Å²) in [5.41, 5.74) is 6.41. The second-order valence-corrected chi connectivity index (χ2v) is 6.18. The maximum absolute atomic E-state index is 13.4. The molecule has 90 valence electrons. The van der Waals surface area contributed by atoms with Crippen molar-refractivity contribution in [3.63, 3.8) is 0 Å². The molecule has 1 atom stereocenters. The van der Waals surface area contributed by atoms with Crippen molar-refractivity contribution in [2.45, 2.75) is 12.5 Å². The fraction of sp³-hybridized carbons (Fsp3) is 0.167. The van der Waals surface area contributed by atoms with E-state index in [9.17, 15) is 8.78 Å². The number of rotatable bonds is 3. The topological polar surface area (TPSA) is 26.0 Å². The summed E-state index contributed by atoms with van der Waals surface area (Å²) in [5, 5.41) is 0. The molecule has 1 heterocycles. The minimum absolute atomic E-state index is 0.272. The lowest BCUT2D eigenvalue weighted by molar-refractivity contribution is 0.564.